The first kappa shape index (κ1) is 13.5. The van der Waals surface area contributed by atoms with Crippen LogP contribution in [0.15, 0.2) is 27.1 Å². The van der Waals surface area contributed by atoms with Gasteiger partial charge in [0.2, 0.25) is 11.8 Å². The zero-order valence-electron chi connectivity index (χ0n) is 10.1. The lowest BCUT2D eigenvalue weighted by Crippen LogP contribution is -2.15. The summed E-state index contributed by atoms with van der Waals surface area (Å²) in [5, 5.41) is 11.9. The lowest BCUT2D eigenvalue weighted by Gasteiger charge is -2.07. The molecule has 2 rings (SSSR count). The SMILES string of the molecule is CCC(NC)c1nnc(-c2ccc(Cl)c(Br)c2)o1. The third-order valence-electron chi connectivity index (χ3n) is 2.66. The predicted octanol–water partition coefficient (Wildman–Crippen LogP) is 3.82. The lowest BCUT2D eigenvalue weighted by molar-refractivity contribution is 0.415. The van der Waals surface area contributed by atoms with Crippen molar-refractivity contribution in [1.29, 1.82) is 0 Å². The Labute approximate surface area is 119 Å². The summed E-state index contributed by atoms with van der Waals surface area (Å²) >= 11 is 9.32. The second kappa shape index (κ2) is 5.82. The summed E-state index contributed by atoms with van der Waals surface area (Å²) in [6.07, 6.45) is 0.891. The van der Waals surface area contributed by atoms with Crippen molar-refractivity contribution in [3.05, 3.63) is 33.6 Å². The maximum Gasteiger partial charge on any atom is 0.247 e. The zero-order valence-corrected chi connectivity index (χ0v) is 12.4. The van der Waals surface area contributed by atoms with Gasteiger partial charge in [0.1, 0.15) is 0 Å². The van der Waals surface area contributed by atoms with Crippen molar-refractivity contribution in [2.75, 3.05) is 7.05 Å². The van der Waals surface area contributed by atoms with Crippen LogP contribution in [-0.4, -0.2) is 17.2 Å². The number of rotatable bonds is 4. The second-order valence-corrected chi connectivity index (χ2v) is 5.09. The van der Waals surface area contributed by atoms with Crippen molar-refractivity contribution in [3.8, 4) is 11.5 Å². The number of halogens is 2. The summed E-state index contributed by atoms with van der Waals surface area (Å²) < 4.78 is 6.47. The summed E-state index contributed by atoms with van der Waals surface area (Å²) in [7, 11) is 1.87. The number of hydrogen-bond donors (Lipinski definition) is 1. The smallest absolute Gasteiger partial charge is 0.247 e. The number of hydrogen-bond acceptors (Lipinski definition) is 4. The van der Waals surface area contributed by atoms with Crippen molar-refractivity contribution in [1.82, 2.24) is 15.5 Å². The molecule has 1 aromatic heterocycles. The van der Waals surface area contributed by atoms with Crippen LogP contribution >= 0.6 is 27.5 Å². The van der Waals surface area contributed by atoms with E-state index in [1.807, 2.05) is 19.2 Å². The third kappa shape index (κ3) is 2.74. The van der Waals surface area contributed by atoms with Gasteiger partial charge in [0.25, 0.3) is 0 Å². The summed E-state index contributed by atoms with van der Waals surface area (Å²) in [5.74, 6) is 1.09. The number of aromatic nitrogens is 2. The van der Waals surface area contributed by atoms with E-state index in [2.05, 4.69) is 38.4 Å². The standard InChI is InChI=1S/C12H13BrClN3O/c1-3-10(15-2)12-17-16-11(18-12)7-4-5-9(14)8(13)6-7/h4-6,10,15H,3H2,1-2H3. The molecule has 1 aromatic carbocycles. The first-order chi connectivity index (χ1) is 8.65. The molecule has 0 spiro atoms. The van der Waals surface area contributed by atoms with Gasteiger partial charge < -0.3 is 9.73 Å². The molecule has 0 fully saturated rings. The van der Waals surface area contributed by atoms with Crippen LogP contribution in [0.25, 0.3) is 11.5 Å². The van der Waals surface area contributed by atoms with E-state index in [1.54, 1.807) is 6.07 Å². The van der Waals surface area contributed by atoms with Crippen molar-refractivity contribution < 1.29 is 4.42 Å². The quantitative estimate of drug-likeness (QED) is 0.926. The second-order valence-electron chi connectivity index (χ2n) is 3.82. The molecule has 96 valence electrons. The van der Waals surface area contributed by atoms with E-state index in [-0.39, 0.29) is 6.04 Å². The van der Waals surface area contributed by atoms with Crippen LogP contribution in [0.1, 0.15) is 25.3 Å². The molecule has 0 aliphatic heterocycles. The molecule has 1 N–H and O–H groups in total. The van der Waals surface area contributed by atoms with Gasteiger partial charge in [0.05, 0.1) is 11.1 Å². The minimum absolute atomic E-state index is 0.0852. The Hall–Kier alpha value is -0.910. The Morgan fingerprint density at radius 2 is 2.22 bits per heavy atom. The van der Waals surface area contributed by atoms with Crippen LogP contribution in [0, 0.1) is 0 Å². The Kier molecular flexibility index (Phi) is 4.37. The highest BCUT2D eigenvalue weighted by Crippen LogP contribution is 2.29. The van der Waals surface area contributed by atoms with Crippen LogP contribution in [0.3, 0.4) is 0 Å². The van der Waals surface area contributed by atoms with Gasteiger partial charge in [-0.15, -0.1) is 10.2 Å². The van der Waals surface area contributed by atoms with E-state index < -0.39 is 0 Å². The van der Waals surface area contributed by atoms with E-state index >= 15 is 0 Å². The third-order valence-corrected chi connectivity index (χ3v) is 3.88. The van der Waals surface area contributed by atoms with Crippen molar-refractivity contribution in [2.24, 2.45) is 0 Å². The molecule has 4 nitrogen and oxygen atoms in total. The zero-order chi connectivity index (χ0) is 13.1. The highest BCUT2D eigenvalue weighted by molar-refractivity contribution is 9.10. The fourth-order valence-corrected chi connectivity index (χ4v) is 2.12. The highest BCUT2D eigenvalue weighted by atomic mass is 79.9. The molecule has 0 aliphatic carbocycles. The largest absolute Gasteiger partial charge is 0.419 e. The molecule has 0 aliphatic rings. The lowest BCUT2D eigenvalue weighted by atomic mass is 10.2. The summed E-state index contributed by atoms with van der Waals surface area (Å²) in [5.41, 5.74) is 0.844. The first-order valence-corrected chi connectivity index (χ1v) is 6.79. The van der Waals surface area contributed by atoms with E-state index in [1.165, 1.54) is 0 Å². The molecule has 1 atom stereocenters. The Balaban J connectivity index is 2.31. The Bertz CT molecular complexity index is 540. The maximum atomic E-state index is 5.95. The fraction of sp³-hybridized carbons (Fsp3) is 0.333. The van der Waals surface area contributed by atoms with Crippen molar-refractivity contribution in [3.63, 3.8) is 0 Å². The fourth-order valence-electron chi connectivity index (χ4n) is 1.62. The molecule has 6 heteroatoms. The van der Waals surface area contributed by atoms with E-state index in [0.29, 0.717) is 16.8 Å². The van der Waals surface area contributed by atoms with Crippen LogP contribution in [-0.2, 0) is 0 Å². The molecule has 0 saturated heterocycles. The summed E-state index contributed by atoms with van der Waals surface area (Å²) in [4.78, 5) is 0. The molecule has 0 amide bonds. The molecule has 0 radical (unpaired) electrons. The minimum atomic E-state index is 0.0852. The van der Waals surface area contributed by atoms with Gasteiger partial charge in [-0.2, -0.15) is 0 Å². The molecule has 2 aromatic rings. The van der Waals surface area contributed by atoms with Gasteiger partial charge in [0.15, 0.2) is 0 Å². The van der Waals surface area contributed by atoms with Gasteiger partial charge in [-0.25, -0.2) is 0 Å². The predicted molar refractivity (Wildman–Crippen MR) is 74.5 cm³/mol. The van der Waals surface area contributed by atoms with Crippen LogP contribution < -0.4 is 5.32 Å². The topological polar surface area (TPSA) is 51.0 Å². The Morgan fingerprint density at radius 3 is 2.83 bits per heavy atom. The van der Waals surface area contributed by atoms with Gasteiger partial charge in [0, 0.05) is 10.0 Å². The number of nitrogens with one attached hydrogen (secondary N) is 1. The van der Waals surface area contributed by atoms with Crippen molar-refractivity contribution in [2.45, 2.75) is 19.4 Å². The monoisotopic (exact) mass is 329 g/mol. The van der Waals surface area contributed by atoms with E-state index in [4.69, 9.17) is 16.0 Å². The maximum absolute atomic E-state index is 5.95. The normalized spacial score (nSPS) is 12.7. The van der Waals surface area contributed by atoms with Crippen LogP contribution in [0.4, 0.5) is 0 Å². The van der Waals surface area contributed by atoms with Gasteiger partial charge in [-0.3, -0.25) is 0 Å². The Morgan fingerprint density at radius 1 is 1.44 bits per heavy atom. The molecular weight excluding hydrogens is 318 g/mol. The first-order valence-electron chi connectivity index (χ1n) is 5.61. The molecule has 0 saturated carbocycles. The van der Waals surface area contributed by atoms with E-state index in [0.717, 1.165) is 16.5 Å². The molecule has 1 heterocycles. The molecule has 0 bridgehead atoms. The average molecular weight is 331 g/mol. The molecule has 18 heavy (non-hydrogen) atoms. The summed E-state index contributed by atoms with van der Waals surface area (Å²) in [6.45, 7) is 2.06. The van der Waals surface area contributed by atoms with Crippen LogP contribution in [0.2, 0.25) is 5.02 Å². The highest BCUT2D eigenvalue weighted by Gasteiger charge is 2.16. The minimum Gasteiger partial charge on any atom is -0.419 e. The summed E-state index contributed by atoms with van der Waals surface area (Å²) in [6, 6.07) is 5.59. The van der Waals surface area contributed by atoms with Gasteiger partial charge >= 0.3 is 0 Å². The van der Waals surface area contributed by atoms with Crippen LogP contribution in [0.5, 0.6) is 0 Å². The molecule has 1 unspecified atom stereocenters. The molecular formula is C12H13BrClN3O. The van der Waals surface area contributed by atoms with Gasteiger partial charge in [-0.1, -0.05) is 18.5 Å². The number of benzene rings is 1. The van der Waals surface area contributed by atoms with Gasteiger partial charge in [-0.05, 0) is 47.6 Å². The average Bonchev–Trinajstić information content (AvgIpc) is 2.84. The van der Waals surface area contributed by atoms with Crippen molar-refractivity contribution >= 4 is 27.5 Å². The number of nitrogens with zero attached hydrogens (tertiary/aromatic N) is 2. The van der Waals surface area contributed by atoms with E-state index in [9.17, 15) is 0 Å².